The molecule has 1 aromatic carbocycles. The molecule has 0 spiro atoms. The van der Waals surface area contributed by atoms with Gasteiger partial charge in [0.05, 0.1) is 6.61 Å². The molecule has 0 atom stereocenters. The topological polar surface area (TPSA) is 21.3 Å². The molecular formula is C15H23NO. The fourth-order valence-corrected chi connectivity index (χ4v) is 1.69. The summed E-state index contributed by atoms with van der Waals surface area (Å²) in [4.78, 5) is 0. The Morgan fingerprint density at radius 3 is 2.76 bits per heavy atom. The molecule has 0 bridgehead atoms. The van der Waals surface area contributed by atoms with Crippen LogP contribution < -0.4 is 10.1 Å². The second-order valence-electron chi connectivity index (χ2n) is 4.05. The molecule has 0 aliphatic rings. The smallest absolute Gasteiger partial charge is 0.126 e. The monoisotopic (exact) mass is 233 g/mol. The van der Waals surface area contributed by atoms with E-state index in [-0.39, 0.29) is 0 Å². The van der Waals surface area contributed by atoms with E-state index in [0.29, 0.717) is 0 Å². The van der Waals surface area contributed by atoms with E-state index < -0.39 is 0 Å². The summed E-state index contributed by atoms with van der Waals surface area (Å²) >= 11 is 0. The number of hydrogen-bond acceptors (Lipinski definition) is 2. The predicted octanol–water partition coefficient (Wildman–Crippen LogP) is 3.49. The predicted molar refractivity (Wildman–Crippen MR) is 74.4 cm³/mol. The highest BCUT2D eigenvalue weighted by molar-refractivity contribution is 5.56. The maximum absolute atomic E-state index is 5.80. The highest BCUT2D eigenvalue weighted by Crippen LogP contribution is 2.19. The van der Waals surface area contributed by atoms with Crippen LogP contribution >= 0.6 is 0 Å². The molecule has 0 fully saturated rings. The van der Waals surface area contributed by atoms with Gasteiger partial charge in [-0.25, -0.2) is 0 Å². The van der Waals surface area contributed by atoms with Gasteiger partial charge in [0, 0.05) is 5.56 Å². The number of nitrogens with one attached hydrogen (secondary N) is 1. The van der Waals surface area contributed by atoms with Crippen LogP contribution in [-0.4, -0.2) is 20.2 Å². The third-order valence-corrected chi connectivity index (χ3v) is 2.59. The molecule has 1 aromatic rings. The number of ether oxygens (including phenoxy) is 1. The summed E-state index contributed by atoms with van der Waals surface area (Å²) in [7, 11) is 1.99. The summed E-state index contributed by atoms with van der Waals surface area (Å²) in [6, 6.07) is 8.16. The number of allylic oxidation sites excluding steroid dienone is 1. The van der Waals surface area contributed by atoms with Crippen LogP contribution in [0.3, 0.4) is 0 Å². The van der Waals surface area contributed by atoms with Gasteiger partial charge in [0.1, 0.15) is 5.75 Å². The summed E-state index contributed by atoms with van der Waals surface area (Å²) in [6.45, 7) is 3.92. The summed E-state index contributed by atoms with van der Waals surface area (Å²) in [5.41, 5.74) is 1.16. The average Bonchev–Trinajstić information content (AvgIpc) is 2.36. The minimum atomic E-state index is 0.804. The molecule has 1 rings (SSSR count). The third-order valence-electron chi connectivity index (χ3n) is 2.59. The zero-order valence-corrected chi connectivity index (χ0v) is 10.9. The van der Waals surface area contributed by atoms with E-state index in [9.17, 15) is 0 Å². The van der Waals surface area contributed by atoms with Crippen LogP contribution in [0.15, 0.2) is 30.3 Å². The van der Waals surface area contributed by atoms with Crippen LogP contribution in [-0.2, 0) is 0 Å². The highest BCUT2D eigenvalue weighted by Gasteiger charge is 1.98. The number of para-hydroxylation sites is 1. The Morgan fingerprint density at radius 2 is 2.00 bits per heavy atom. The van der Waals surface area contributed by atoms with Crippen LogP contribution in [0, 0.1) is 0 Å². The van der Waals surface area contributed by atoms with Gasteiger partial charge in [-0.15, -0.1) is 0 Å². The van der Waals surface area contributed by atoms with Crippen molar-refractivity contribution in [2.24, 2.45) is 0 Å². The van der Waals surface area contributed by atoms with Crippen molar-refractivity contribution in [2.45, 2.75) is 26.2 Å². The second-order valence-corrected chi connectivity index (χ2v) is 4.05. The summed E-state index contributed by atoms with van der Waals surface area (Å²) in [5, 5.41) is 3.15. The molecule has 2 nitrogen and oxygen atoms in total. The van der Waals surface area contributed by atoms with Crippen LogP contribution in [0.1, 0.15) is 31.7 Å². The molecule has 0 aromatic heterocycles. The van der Waals surface area contributed by atoms with Crippen molar-refractivity contribution in [3.63, 3.8) is 0 Å². The number of unbranched alkanes of at least 4 members (excludes halogenated alkanes) is 2. The van der Waals surface area contributed by atoms with Gasteiger partial charge in [0.2, 0.25) is 0 Å². The maximum atomic E-state index is 5.80. The quantitative estimate of drug-likeness (QED) is 0.694. The Labute approximate surface area is 105 Å². The van der Waals surface area contributed by atoms with E-state index >= 15 is 0 Å². The lowest BCUT2D eigenvalue weighted by molar-refractivity contribution is 0.304. The minimum absolute atomic E-state index is 0.804. The first kappa shape index (κ1) is 13.8. The van der Waals surface area contributed by atoms with Gasteiger partial charge < -0.3 is 10.1 Å². The Hall–Kier alpha value is -1.28. The van der Waals surface area contributed by atoms with Gasteiger partial charge in [-0.2, -0.15) is 0 Å². The standard InChI is InChI=1S/C15H23NO/c1-3-9-14-10-5-6-11-15(14)17-13-8-4-7-12-16-2/h3,5-6,9-11,16H,4,7-8,12-13H2,1-2H3. The van der Waals surface area contributed by atoms with Crippen molar-refractivity contribution >= 4 is 6.08 Å². The molecule has 0 aliphatic heterocycles. The van der Waals surface area contributed by atoms with Gasteiger partial charge in [0.15, 0.2) is 0 Å². The maximum Gasteiger partial charge on any atom is 0.126 e. The molecule has 2 heteroatoms. The molecule has 0 heterocycles. The molecule has 0 saturated heterocycles. The van der Waals surface area contributed by atoms with Gasteiger partial charge in [0.25, 0.3) is 0 Å². The molecule has 1 N–H and O–H groups in total. The summed E-state index contributed by atoms with van der Waals surface area (Å²) in [6.07, 6.45) is 7.67. The van der Waals surface area contributed by atoms with E-state index in [1.165, 1.54) is 12.8 Å². The molecule has 0 amide bonds. The molecule has 0 radical (unpaired) electrons. The Bertz CT molecular complexity index is 333. The number of rotatable bonds is 8. The zero-order valence-electron chi connectivity index (χ0n) is 10.9. The summed E-state index contributed by atoms with van der Waals surface area (Å²) in [5.74, 6) is 0.985. The number of hydrogen-bond donors (Lipinski definition) is 1. The lowest BCUT2D eigenvalue weighted by Gasteiger charge is -2.08. The van der Waals surface area contributed by atoms with Crippen molar-refractivity contribution in [2.75, 3.05) is 20.2 Å². The van der Waals surface area contributed by atoms with Crippen molar-refractivity contribution < 1.29 is 4.74 Å². The molecule has 94 valence electrons. The van der Waals surface area contributed by atoms with Gasteiger partial charge in [-0.05, 0) is 45.8 Å². The van der Waals surface area contributed by atoms with Gasteiger partial charge >= 0.3 is 0 Å². The zero-order chi connectivity index (χ0) is 12.3. The van der Waals surface area contributed by atoms with E-state index in [1.54, 1.807) is 0 Å². The van der Waals surface area contributed by atoms with Crippen LogP contribution in [0.2, 0.25) is 0 Å². The Balaban J connectivity index is 2.31. The van der Waals surface area contributed by atoms with Crippen LogP contribution in [0.5, 0.6) is 5.75 Å². The fourth-order valence-electron chi connectivity index (χ4n) is 1.69. The van der Waals surface area contributed by atoms with Crippen molar-refractivity contribution in [3.8, 4) is 5.75 Å². The first-order chi connectivity index (χ1) is 8.38. The Morgan fingerprint density at radius 1 is 1.18 bits per heavy atom. The SMILES string of the molecule is CC=Cc1ccccc1OCCCCCNC. The van der Waals surface area contributed by atoms with Crippen molar-refractivity contribution in [1.82, 2.24) is 5.32 Å². The molecular weight excluding hydrogens is 210 g/mol. The van der Waals surface area contributed by atoms with E-state index in [2.05, 4.69) is 17.5 Å². The van der Waals surface area contributed by atoms with Crippen LogP contribution in [0.25, 0.3) is 6.08 Å². The Kier molecular flexibility index (Phi) is 7.15. The van der Waals surface area contributed by atoms with Gasteiger partial charge in [-0.1, -0.05) is 30.4 Å². The fraction of sp³-hybridized carbons (Fsp3) is 0.467. The molecule has 17 heavy (non-hydrogen) atoms. The van der Waals surface area contributed by atoms with Crippen molar-refractivity contribution in [3.05, 3.63) is 35.9 Å². The van der Waals surface area contributed by atoms with E-state index in [1.807, 2.05) is 38.2 Å². The first-order valence-corrected chi connectivity index (χ1v) is 6.37. The average molecular weight is 233 g/mol. The third kappa shape index (κ3) is 5.55. The lowest BCUT2D eigenvalue weighted by Crippen LogP contribution is -2.08. The van der Waals surface area contributed by atoms with Gasteiger partial charge in [-0.3, -0.25) is 0 Å². The van der Waals surface area contributed by atoms with E-state index in [0.717, 1.165) is 30.9 Å². The highest BCUT2D eigenvalue weighted by atomic mass is 16.5. The summed E-state index contributed by atoms with van der Waals surface area (Å²) < 4.78 is 5.80. The molecule has 0 unspecified atom stereocenters. The largest absolute Gasteiger partial charge is 0.493 e. The first-order valence-electron chi connectivity index (χ1n) is 6.37. The lowest BCUT2D eigenvalue weighted by atomic mass is 10.2. The minimum Gasteiger partial charge on any atom is -0.493 e. The van der Waals surface area contributed by atoms with Crippen molar-refractivity contribution in [1.29, 1.82) is 0 Å². The molecule has 0 aliphatic carbocycles. The normalized spacial score (nSPS) is 10.9. The molecule has 0 saturated carbocycles. The van der Waals surface area contributed by atoms with E-state index in [4.69, 9.17) is 4.74 Å². The second kappa shape index (κ2) is 8.82. The number of benzene rings is 1. The van der Waals surface area contributed by atoms with Crippen LogP contribution in [0.4, 0.5) is 0 Å².